The van der Waals surface area contributed by atoms with Gasteiger partial charge in [-0.15, -0.1) is 11.3 Å². The molecule has 1 aromatic heterocycles. The number of Topliss-reactive ketones (excluding diaryl/α,β-unsaturated/α-hetero) is 1. The Kier molecular flexibility index (Phi) is 4.25. The van der Waals surface area contributed by atoms with Crippen LogP contribution in [0.5, 0.6) is 0 Å². The average Bonchev–Trinajstić information content (AvgIpc) is 2.78. The molecule has 0 spiro atoms. The SMILES string of the molecule is CC(=O)c1csc(NC(=O)CC2=CCCCC2)n1. The number of aromatic nitrogens is 1. The van der Waals surface area contributed by atoms with E-state index in [4.69, 9.17) is 0 Å². The second kappa shape index (κ2) is 5.91. The van der Waals surface area contributed by atoms with Crippen LogP contribution in [0.2, 0.25) is 0 Å². The van der Waals surface area contributed by atoms with Gasteiger partial charge >= 0.3 is 0 Å². The molecule has 0 atom stereocenters. The standard InChI is InChI=1S/C13H16N2O2S/c1-9(16)11-8-18-13(14-11)15-12(17)7-10-5-3-2-4-6-10/h5,8H,2-4,6-7H2,1H3,(H,14,15,17). The van der Waals surface area contributed by atoms with Gasteiger partial charge < -0.3 is 5.32 Å². The summed E-state index contributed by atoms with van der Waals surface area (Å²) in [6.07, 6.45) is 7.09. The molecular formula is C13H16N2O2S. The number of nitrogens with one attached hydrogen (secondary N) is 1. The van der Waals surface area contributed by atoms with Crippen LogP contribution in [0.25, 0.3) is 0 Å². The quantitative estimate of drug-likeness (QED) is 0.671. The zero-order valence-corrected chi connectivity index (χ0v) is 11.2. The van der Waals surface area contributed by atoms with Crippen LogP contribution in [-0.4, -0.2) is 16.7 Å². The maximum Gasteiger partial charge on any atom is 0.230 e. The highest BCUT2D eigenvalue weighted by atomic mass is 32.1. The number of hydrogen-bond acceptors (Lipinski definition) is 4. The van der Waals surface area contributed by atoms with Crippen molar-refractivity contribution in [2.45, 2.75) is 39.0 Å². The molecule has 0 bridgehead atoms. The Morgan fingerprint density at radius 3 is 2.89 bits per heavy atom. The summed E-state index contributed by atoms with van der Waals surface area (Å²) in [5, 5.41) is 4.91. The van der Waals surface area contributed by atoms with Crippen LogP contribution < -0.4 is 5.32 Å². The molecule has 1 aromatic rings. The van der Waals surface area contributed by atoms with E-state index < -0.39 is 0 Å². The highest BCUT2D eigenvalue weighted by molar-refractivity contribution is 7.14. The van der Waals surface area contributed by atoms with E-state index in [-0.39, 0.29) is 11.7 Å². The summed E-state index contributed by atoms with van der Waals surface area (Å²) in [4.78, 5) is 26.9. The Balaban J connectivity index is 1.90. The lowest BCUT2D eigenvalue weighted by molar-refractivity contribution is -0.115. The number of hydrogen-bond donors (Lipinski definition) is 1. The van der Waals surface area contributed by atoms with Crippen molar-refractivity contribution >= 4 is 28.2 Å². The van der Waals surface area contributed by atoms with Crippen LogP contribution in [0, 0.1) is 0 Å². The molecule has 0 saturated heterocycles. The van der Waals surface area contributed by atoms with Gasteiger partial charge in [0.1, 0.15) is 5.69 Å². The van der Waals surface area contributed by atoms with Crippen LogP contribution >= 0.6 is 11.3 Å². The summed E-state index contributed by atoms with van der Waals surface area (Å²) in [5.41, 5.74) is 1.62. The van der Waals surface area contributed by atoms with E-state index in [0.717, 1.165) is 12.8 Å². The lowest BCUT2D eigenvalue weighted by atomic mass is 9.97. The van der Waals surface area contributed by atoms with Gasteiger partial charge in [0.15, 0.2) is 10.9 Å². The summed E-state index contributed by atoms with van der Waals surface area (Å²) < 4.78 is 0. The predicted molar refractivity (Wildman–Crippen MR) is 71.9 cm³/mol. The fourth-order valence-corrected chi connectivity index (χ4v) is 2.69. The summed E-state index contributed by atoms with van der Waals surface area (Å²) in [6, 6.07) is 0. The predicted octanol–water partition coefficient (Wildman–Crippen LogP) is 3.17. The second-order valence-electron chi connectivity index (χ2n) is 4.43. The summed E-state index contributed by atoms with van der Waals surface area (Å²) >= 11 is 1.28. The number of allylic oxidation sites excluding steroid dienone is 1. The normalized spacial score (nSPS) is 15.1. The maximum absolute atomic E-state index is 11.8. The van der Waals surface area contributed by atoms with E-state index >= 15 is 0 Å². The highest BCUT2D eigenvalue weighted by Gasteiger charge is 2.12. The van der Waals surface area contributed by atoms with Crippen molar-refractivity contribution in [2.24, 2.45) is 0 Å². The first kappa shape index (κ1) is 13.0. The molecular weight excluding hydrogens is 248 g/mol. The third kappa shape index (κ3) is 3.50. The fourth-order valence-electron chi connectivity index (χ4n) is 1.93. The molecule has 1 N–H and O–H groups in total. The monoisotopic (exact) mass is 264 g/mol. The van der Waals surface area contributed by atoms with E-state index in [2.05, 4.69) is 16.4 Å². The lowest BCUT2D eigenvalue weighted by Crippen LogP contribution is -2.13. The number of ketones is 1. The molecule has 1 aliphatic rings. The molecule has 0 aliphatic heterocycles. The van der Waals surface area contributed by atoms with Crippen molar-refractivity contribution in [2.75, 3.05) is 5.32 Å². The summed E-state index contributed by atoms with van der Waals surface area (Å²) in [6.45, 7) is 1.47. The Labute approximate surface area is 110 Å². The number of carbonyl (C=O) groups is 2. The zero-order chi connectivity index (χ0) is 13.0. The minimum atomic E-state index is -0.0817. The fraction of sp³-hybridized carbons (Fsp3) is 0.462. The first-order valence-electron chi connectivity index (χ1n) is 6.09. The zero-order valence-electron chi connectivity index (χ0n) is 10.4. The summed E-state index contributed by atoms with van der Waals surface area (Å²) in [5.74, 6) is -0.130. The first-order valence-corrected chi connectivity index (χ1v) is 6.97. The Morgan fingerprint density at radius 1 is 1.44 bits per heavy atom. The highest BCUT2D eigenvalue weighted by Crippen LogP contribution is 2.21. The van der Waals surface area contributed by atoms with Crippen LogP contribution in [0.4, 0.5) is 5.13 Å². The van der Waals surface area contributed by atoms with Gasteiger partial charge in [0.05, 0.1) is 0 Å². The van der Waals surface area contributed by atoms with Gasteiger partial charge in [0, 0.05) is 18.7 Å². The first-order chi connectivity index (χ1) is 8.65. The van der Waals surface area contributed by atoms with Gasteiger partial charge in [-0.1, -0.05) is 11.6 Å². The number of amides is 1. The molecule has 96 valence electrons. The van der Waals surface area contributed by atoms with Gasteiger partial charge in [-0.05, 0) is 25.7 Å². The number of rotatable bonds is 4. The third-order valence-corrected chi connectivity index (χ3v) is 3.64. The number of nitrogens with zero attached hydrogens (tertiary/aromatic N) is 1. The molecule has 0 saturated carbocycles. The molecule has 0 aromatic carbocycles. The molecule has 4 nitrogen and oxygen atoms in total. The van der Waals surface area contributed by atoms with Gasteiger partial charge in [0.25, 0.3) is 0 Å². The van der Waals surface area contributed by atoms with E-state index in [1.807, 2.05) is 0 Å². The molecule has 1 aliphatic carbocycles. The van der Waals surface area contributed by atoms with E-state index in [1.54, 1.807) is 5.38 Å². The Bertz CT molecular complexity index is 491. The smallest absolute Gasteiger partial charge is 0.230 e. The minimum absolute atomic E-state index is 0.0485. The maximum atomic E-state index is 11.8. The van der Waals surface area contributed by atoms with Crippen LogP contribution in [-0.2, 0) is 4.79 Å². The van der Waals surface area contributed by atoms with E-state index in [1.165, 1.54) is 36.7 Å². The van der Waals surface area contributed by atoms with Gasteiger partial charge in [0.2, 0.25) is 5.91 Å². The van der Waals surface area contributed by atoms with Crippen molar-refractivity contribution in [3.8, 4) is 0 Å². The number of thiazole rings is 1. The van der Waals surface area contributed by atoms with Crippen LogP contribution in [0.1, 0.15) is 49.5 Å². The van der Waals surface area contributed by atoms with Crippen molar-refractivity contribution in [1.82, 2.24) is 4.98 Å². The molecule has 18 heavy (non-hydrogen) atoms. The summed E-state index contributed by atoms with van der Waals surface area (Å²) in [7, 11) is 0. The largest absolute Gasteiger partial charge is 0.302 e. The van der Waals surface area contributed by atoms with Crippen molar-refractivity contribution in [3.63, 3.8) is 0 Å². The third-order valence-electron chi connectivity index (χ3n) is 2.88. The molecule has 0 radical (unpaired) electrons. The van der Waals surface area contributed by atoms with E-state index in [0.29, 0.717) is 17.2 Å². The number of anilines is 1. The van der Waals surface area contributed by atoms with Crippen LogP contribution in [0.3, 0.4) is 0 Å². The van der Waals surface area contributed by atoms with Crippen molar-refractivity contribution < 1.29 is 9.59 Å². The average molecular weight is 264 g/mol. The molecule has 1 amide bonds. The van der Waals surface area contributed by atoms with Crippen molar-refractivity contribution in [3.05, 3.63) is 22.7 Å². The lowest BCUT2D eigenvalue weighted by Gasteiger charge is -2.11. The van der Waals surface area contributed by atoms with Crippen LogP contribution in [0.15, 0.2) is 17.0 Å². The molecule has 1 heterocycles. The topological polar surface area (TPSA) is 59.1 Å². The van der Waals surface area contributed by atoms with Gasteiger partial charge in [-0.2, -0.15) is 0 Å². The van der Waals surface area contributed by atoms with Crippen molar-refractivity contribution in [1.29, 1.82) is 0 Å². The Morgan fingerprint density at radius 2 is 2.28 bits per heavy atom. The molecule has 0 unspecified atom stereocenters. The number of carbonyl (C=O) groups excluding carboxylic acids is 2. The molecule has 2 rings (SSSR count). The minimum Gasteiger partial charge on any atom is -0.302 e. The van der Waals surface area contributed by atoms with Gasteiger partial charge in [-0.3, -0.25) is 9.59 Å². The second-order valence-corrected chi connectivity index (χ2v) is 5.29. The van der Waals surface area contributed by atoms with E-state index in [9.17, 15) is 9.59 Å². The molecule has 0 fully saturated rings. The Hall–Kier alpha value is -1.49. The van der Waals surface area contributed by atoms with Gasteiger partial charge in [-0.25, -0.2) is 4.98 Å². The molecule has 5 heteroatoms.